The first-order valence-electron chi connectivity index (χ1n) is 4.40. The van der Waals surface area contributed by atoms with E-state index in [2.05, 4.69) is 10.1 Å². The summed E-state index contributed by atoms with van der Waals surface area (Å²) in [5, 5.41) is 12.8. The second kappa shape index (κ2) is 3.56. The molecule has 6 heteroatoms. The van der Waals surface area contributed by atoms with E-state index in [1.165, 1.54) is 6.33 Å². The number of nitrogens with zero attached hydrogens (tertiary/aromatic N) is 4. The maximum absolute atomic E-state index is 10.8. The predicted molar refractivity (Wildman–Crippen MR) is 51.5 cm³/mol. The lowest BCUT2D eigenvalue weighted by molar-refractivity contribution is 0.0685. The van der Waals surface area contributed by atoms with Crippen LogP contribution in [0.25, 0.3) is 0 Å². The summed E-state index contributed by atoms with van der Waals surface area (Å²) < 4.78 is 3.23. The number of aromatic nitrogens is 4. The second-order valence-corrected chi connectivity index (χ2v) is 3.13. The van der Waals surface area contributed by atoms with Crippen LogP contribution >= 0.6 is 0 Å². The average Bonchev–Trinajstić information content (AvgIpc) is 2.77. The number of aromatic carboxylic acids is 1. The summed E-state index contributed by atoms with van der Waals surface area (Å²) in [5.41, 5.74) is 0.248. The Kier molecular flexibility index (Phi) is 2.24. The zero-order chi connectivity index (χ0) is 10.8. The molecule has 0 saturated carbocycles. The molecule has 0 aliphatic rings. The highest BCUT2D eigenvalue weighted by Crippen LogP contribution is 2.05. The summed E-state index contributed by atoms with van der Waals surface area (Å²) in [6.45, 7) is 0.408. The Morgan fingerprint density at radius 2 is 2.40 bits per heavy atom. The number of aryl methyl sites for hydroxylation is 1. The van der Waals surface area contributed by atoms with Crippen LogP contribution in [-0.4, -0.2) is 30.4 Å². The maximum Gasteiger partial charge on any atom is 0.352 e. The molecule has 2 aromatic rings. The Hall–Kier alpha value is -2.11. The van der Waals surface area contributed by atoms with Crippen molar-refractivity contribution in [1.29, 1.82) is 0 Å². The van der Waals surface area contributed by atoms with Crippen molar-refractivity contribution in [2.24, 2.45) is 7.05 Å². The first-order chi connectivity index (χ1) is 7.18. The Balaban J connectivity index is 2.28. The molecule has 0 fully saturated rings. The number of carboxylic acids is 1. The number of carbonyl (C=O) groups is 1. The molecule has 78 valence electrons. The molecule has 2 aromatic heterocycles. The van der Waals surface area contributed by atoms with Gasteiger partial charge >= 0.3 is 5.97 Å². The van der Waals surface area contributed by atoms with Crippen LogP contribution in [0, 0.1) is 0 Å². The van der Waals surface area contributed by atoms with Gasteiger partial charge in [0.25, 0.3) is 0 Å². The molecular formula is C9H10N4O2. The van der Waals surface area contributed by atoms with Crippen LogP contribution in [0.5, 0.6) is 0 Å². The minimum absolute atomic E-state index is 0.248. The van der Waals surface area contributed by atoms with Crippen molar-refractivity contribution in [3.05, 3.63) is 36.2 Å². The van der Waals surface area contributed by atoms with Gasteiger partial charge in [-0.05, 0) is 12.1 Å². The summed E-state index contributed by atoms with van der Waals surface area (Å²) in [7, 11) is 1.77. The summed E-state index contributed by atoms with van der Waals surface area (Å²) in [4.78, 5) is 14.9. The molecular weight excluding hydrogens is 196 g/mol. The van der Waals surface area contributed by atoms with Crippen LogP contribution in [0.15, 0.2) is 24.7 Å². The lowest BCUT2D eigenvalue weighted by Gasteiger charge is -2.04. The molecule has 0 unspecified atom stereocenters. The number of hydrogen-bond acceptors (Lipinski definition) is 3. The highest BCUT2D eigenvalue weighted by molar-refractivity contribution is 5.85. The molecule has 0 amide bonds. The monoisotopic (exact) mass is 206 g/mol. The summed E-state index contributed by atoms with van der Waals surface area (Å²) in [5.74, 6) is -0.226. The molecule has 0 aliphatic heterocycles. The molecule has 0 aromatic carbocycles. The number of carboxylic acid groups (broad SMARTS) is 1. The molecule has 6 nitrogen and oxygen atoms in total. The van der Waals surface area contributed by atoms with Crippen LogP contribution in [0.3, 0.4) is 0 Å². The van der Waals surface area contributed by atoms with Gasteiger partial charge in [0.1, 0.15) is 17.8 Å². The molecule has 1 N–H and O–H groups in total. The Morgan fingerprint density at radius 3 is 3.00 bits per heavy atom. The van der Waals surface area contributed by atoms with Gasteiger partial charge in [0.15, 0.2) is 0 Å². The topological polar surface area (TPSA) is 72.9 Å². The van der Waals surface area contributed by atoms with E-state index < -0.39 is 5.97 Å². The van der Waals surface area contributed by atoms with Gasteiger partial charge in [-0.25, -0.2) is 9.78 Å². The minimum Gasteiger partial charge on any atom is -0.477 e. The summed E-state index contributed by atoms with van der Waals surface area (Å²) in [6, 6.07) is 3.25. The van der Waals surface area contributed by atoms with E-state index in [1.54, 1.807) is 34.6 Å². The van der Waals surface area contributed by atoms with E-state index >= 15 is 0 Å². The third kappa shape index (κ3) is 1.74. The highest BCUT2D eigenvalue weighted by Gasteiger charge is 2.10. The van der Waals surface area contributed by atoms with Crippen LogP contribution in [0.2, 0.25) is 0 Å². The lowest BCUT2D eigenvalue weighted by Crippen LogP contribution is -2.11. The summed E-state index contributed by atoms with van der Waals surface area (Å²) >= 11 is 0. The van der Waals surface area contributed by atoms with Crippen molar-refractivity contribution in [3.8, 4) is 0 Å². The standard InChI is InChI=1S/C9H10N4O2/c1-12-8(10-6-11-12)5-13-4-2-3-7(13)9(14)15/h2-4,6H,5H2,1H3,(H,14,15). The molecule has 0 saturated heterocycles. The minimum atomic E-state index is -0.942. The van der Waals surface area contributed by atoms with Crippen molar-refractivity contribution in [2.45, 2.75) is 6.54 Å². The van der Waals surface area contributed by atoms with E-state index in [1.807, 2.05) is 0 Å². The first-order valence-corrected chi connectivity index (χ1v) is 4.40. The van der Waals surface area contributed by atoms with Crippen molar-refractivity contribution in [2.75, 3.05) is 0 Å². The fourth-order valence-corrected chi connectivity index (χ4v) is 1.36. The van der Waals surface area contributed by atoms with Crippen LogP contribution < -0.4 is 0 Å². The van der Waals surface area contributed by atoms with E-state index in [0.29, 0.717) is 12.4 Å². The van der Waals surface area contributed by atoms with E-state index in [-0.39, 0.29) is 5.69 Å². The van der Waals surface area contributed by atoms with Crippen molar-refractivity contribution in [3.63, 3.8) is 0 Å². The number of hydrogen-bond donors (Lipinski definition) is 1. The predicted octanol–water partition coefficient (Wildman–Crippen LogP) is 0.363. The quantitative estimate of drug-likeness (QED) is 0.787. The molecule has 2 heterocycles. The molecule has 0 aliphatic carbocycles. The molecule has 0 bridgehead atoms. The zero-order valence-corrected chi connectivity index (χ0v) is 8.16. The fraction of sp³-hybridized carbons (Fsp3) is 0.222. The van der Waals surface area contributed by atoms with Gasteiger partial charge in [-0.3, -0.25) is 4.68 Å². The van der Waals surface area contributed by atoms with Crippen LogP contribution in [0.4, 0.5) is 0 Å². The highest BCUT2D eigenvalue weighted by atomic mass is 16.4. The van der Waals surface area contributed by atoms with Gasteiger partial charge in [0.05, 0.1) is 6.54 Å². The molecule has 15 heavy (non-hydrogen) atoms. The van der Waals surface area contributed by atoms with Gasteiger partial charge in [-0.1, -0.05) is 0 Å². The van der Waals surface area contributed by atoms with Gasteiger partial charge in [-0.2, -0.15) is 5.10 Å². The molecule has 0 radical (unpaired) electrons. The second-order valence-electron chi connectivity index (χ2n) is 3.13. The fourth-order valence-electron chi connectivity index (χ4n) is 1.36. The third-order valence-corrected chi connectivity index (χ3v) is 2.17. The van der Waals surface area contributed by atoms with Gasteiger partial charge in [0.2, 0.25) is 0 Å². The van der Waals surface area contributed by atoms with Gasteiger partial charge < -0.3 is 9.67 Å². The molecule has 0 spiro atoms. The SMILES string of the molecule is Cn1ncnc1Cn1cccc1C(=O)O. The van der Waals surface area contributed by atoms with Crippen molar-refractivity contribution in [1.82, 2.24) is 19.3 Å². The van der Waals surface area contributed by atoms with Crippen molar-refractivity contribution >= 4 is 5.97 Å². The maximum atomic E-state index is 10.8. The third-order valence-electron chi connectivity index (χ3n) is 2.17. The lowest BCUT2D eigenvalue weighted by atomic mass is 10.4. The normalized spacial score (nSPS) is 10.5. The molecule has 0 atom stereocenters. The van der Waals surface area contributed by atoms with Crippen LogP contribution in [-0.2, 0) is 13.6 Å². The first kappa shape index (κ1) is 9.45. The molecule has 2 rings (SSSR count). The van der Waals surface area contributed by atoms with E-state index in [4.69, 9.17) is 5.11 Å². The smallest absolute Gasteiger partial charge is 0.352 e. The van der Waals surface area contributed by atoms with Gasteiger partial charge in [-0.15, -0.1) is 0 Å². The van der Waals surface area contributed by atoms with Gasteiger partial charge in [0, 0.05) is 13.2 Å². The summed E-state index contributed by atoms with van der Waals surface area (Å²) in [6.07, 6.45) is 3.15. The zero-order valence-electron chi connectivity index (χ0n) is 8.16. The Labute approximate surface area is 85.8 Å². The largest absolute Gasteiger partial charge is 0.477 e. The Morgan fingerprint density at radius 1 is 1.60 bits per heavy atom. The van der Waals surface area contributed by atoms with Crippen molar-refractivity contribution < 1.29 is 9.90 Å². The Bertz CT molecular complexity index is 486. The number of rotatable bonds is 3. The van der Waals surface area contributed by atoms with E-state index in [0.717, 1.165) is 0 Å². The average molecular weight is 206 g/mol. The van der Waals surface area contributed by atoms with E-state index in [9.17, 15) is 4.79 Å². The van der Waals surface area contributed by atoms with Crippen LogP contribution in [0.1, 0.15) is 16.3 Å².